The van der Waals surface area contributed by atoms with Crippen LogP contribution in [0.3, 0.4) is 0 Å². The van der Waals surface area contributed by atoms with Crippen molar-refractivity contribution in [1.29, 1.82) is 0 Å². The second-order valence-electron chi connectivity index (χ2n) is 3.41. The van der Waals surface area contributed by atoms with Crippen molar-refractivity contribution >= 4 is 28.9 Å². The molecule has 1 heterocycles. The lowest BCUT2D eigenvalue weighted by molar-refractivity contribution is -0.170. The molecule has 0 unspecified atom stereocenters. The van der Waals surface area contributed by atoms with E-state index in [1.807, 2.05) is 0 Å². The molecule has 0 fully saturated rings. The first-order valence-corrected chi connectivity index (χ1v) is 5.97. The van der Waals surface area contributed by atoms with Crippen LogP contribution in [0.1, 0.15) is 32.7 Å². The van der Waals surface area contributed by atoms with Gasteiger partial charge in [-0.15, -0.1) is 11.3 Å². The molecule has 0 N–H and O–H groups in total. The minimum absolute atomic E-state index is 0.0827. The van der Waals surface area contributed by atoms with Gasteiger partial charge in [-0.3, -0.25) is 9.59 Å². The van der Waals surface area contributed by atoms with Crippen LogP contribution in [0.2, 0.25) is 0 Å². The second-order valence-corrected chi connectivity index (χ2v) is 4.49. The average molecular weight is 294 g/mol. The molecule has 0 saturated heterocycles. The summed E-state index contributed by atoms with van der Waals surface area (Å²) in [4.78, 5) is 33.4. The van der Waals surface area contributed by atoms with Crippen LogP contribution in [-0.4, -0.2) is 30.3 Å². The Kier molecular flexibility index (Phi) is 4.82. The van der Waals surface area contributed by atoms with Crippen molar-refractivity contribution in [2.45, 2.75) is 19.5 Å². The first-order valence-electron chi connectivity index (χ1n) is 5.16. The van der Waals surface area contributed by atoms with Gasteiger partial charge in [0, 0.05) is 0 Å². The van der Waals surface area contributed by atoms with Crippen LogP contribution < -0.4 is 0 Å². The van der Waals surface area contributed by atoms with Crippen molar-refractivity contribution in [2.24, 2.45) is 0 Å². The maximum Gasteiger partial charge on any atom is 0.450 e. The fraction of sp³-hybridized carbons (Fsp3) is 0.364. The van der Waals surface area contributed by atoms with E-state index in [0.29, 0.717) is 11.3 Å². The Morgan fingerprint density at radius 3 is 2.32 bits per heavy atom. The Morgan fingerprint density at radius 2 is 1.79 bits per heavy atom. The number of alkyl halides is 3. The Morgan fingerprint density at radius 1 is 1.21 bits per heavy atom. The number of carbonyl (C=O) groups excluding carboxylic acids is 3. The summed E-state index contributed by atoms with van der Waals surface area (Å²) in [6, 6.07) is 2.47. The van der Waals surface area contributed by atoms with E-state index in [-0.39, 0.29) is 16.4 Å². The van der Waals surface area contributed by atoms with Gasteiger partial charge in [-0.1, -0.05) is 0 Å². The van der Waals surface area contributed by atoms with Crippen LogP contribution in [0.5, 0.6) is 0 Å². The molecule has 0 spiro atoms. The number of esters is 1. The van der Waals surface area contributed by atoms with Crippen LogP contribution in [-0.2, 0) is 9.53 Å². The van der Waals surface area contributed by atoms with Gasteiger partial charge in [0.15, 0.2) is 5.78 Å². The molecule has 1 rings (SSSR count). The number of carbonyl (C=O) groups is 3. The van der Waals surface area contributed by atoms with Gasteiger partial charge in [-0.05, 0) is 19.1 Å². The largest absolute Gasteiger partial charge is 0.462 e. The lowest BCUT2D eigenvalue weighted by Gasteiger charge is -2.02. The number of Topliss-reactive ketones (excluding diaryl/α,β-unsaturated/α-hetero) is 2. The number of hydrogen-bond acceptors (Lipinski definition) is 5. The Balaban J connectivity index is 2.74. The molecule has 104 valence electrons. The Hall–Kier alpha value is -1.70. The normalized spacial score (nSPS) is 11.2. The lowest BCUT2D eigenvalue weighted by atomic mass is 10.2. The number of ketones is 2. The number of hydrogen-bond donors (Lipinski definition) is 0. The molecule has 0 aromatic carbocycles. The molecule has 0 aliphatic rings. The van der Waals surface area contributed by atoms with Crippen LogP contribution >= 0.6 is 11.3 Å². The zero-order valence-electron chi connectivity index (χ0n) is 9.74. The Labute approximate surface area is 110 Å². The summed E-state index contributed by atoms with van der Waals surface area (Å²) in [5.74, 6) is -3.74. The molecule has 19 heavy (non-hydrogen) atoms. The predicted octanol–water partition coefficient (Wildman–Crippen LogP) is 2.63. The molecule has 0 saturated carbocycles. The van der Waals surface area contributed by atoms with Crippen molar-refractivity contribution in [3.05, 3.63) is 21.9 Å². The molecule has 4 nitrogen and oxygen atoms in total. The molecule has 0 bridgehead atoms. The van der Waals surface area contributed by atoms with Gasteiger partial charge in [-0.2, -0.15) is 13.2 Å². The smallest absolute Gasteiger partial charge is 0.450 e. The maximum absolute atomic E-state index is 12.0. The molecular weight excluding hydrogens is 285 g/mol. The van der Waals surface area contributed by atoms with E-state index < -0.39 is 30.1 Å². The summed E-state index contributed by atoms with van der Waals surface area (Å²) < 4.78 is 40.6. The highest BCUT2D eigenvalue weighted by molar-refractivity contribution is 7.15. The summed E-state index contributed by atoms with van der Waals surface area (Å²) in [7, 11) is 0. The molecule has 0 radical (unpaired) electrons. The van der Waals surface area contributed by atoms with Crippen molar-refractivity contribution in [1.82, 2.24) is 0 Å². The molecule has 0 aliphatic heterocycles. The fourth-order valence-electron chi connectivity index (χ4n) is 1.13. The highest BCUT2D eigenvalue weighted by atomic mass is 32.1. The molecule has 1 aromatic heterocycles. The van der Waals surface area contributed by atoms with Gasteiger partial charge in [0.05, 0.1) is 17.9 Å². The van der Waals surface area contributed by atoms with Crippen molar-refractivity contribution in [3.63, 3.8) is 0 Å². The van der Waals surface area contributed by atoms with E-state index in [0.717, 1.165) is 0 Å². The first kappa shape index (κ1) is 15.4. The van der Waals surface area contributed by atoms with Crippen LogP contribution in [0.15, 0.2) is 12.1 Å². The van der Waals surface area contributed by atoms with E-state index in [1.54, 1.807) is 6.92 Å². The summed E-state index contributed by atoms with van der Waals surface area (Å²) in [6.45, 7) is 1.74. The third-order valence-corrected chi connectivity index (χ3v) is 3.10. The number of ether oxygens (including phenoxy) is 1. The second kappa shape index (κ2) is 5.96. The number of halogens is 3. The van der Waals surface area contributed by atoms with Crippen molar-refractivity contribution in [3.8, 4) is 0 Å². The first-order chi connectivity index (χ1) is 8.75. The van der Waals surface area contributed by atoms with Gasteiger partial charge in [-0.25, -0.2) is 4.79 Å². The Bertz CT molecular complexity index is 504. The average Bonchev–Trinajstić information content (AvgIpc) is 2.77. The summed E-state index contributed by atoms with van der Waals surface area (Å²) in [6.07, 6.45) is -6.29. The zero-order valence-corrected chi connectivity index (χ0v) is 10.6. The van der Waals surface area contributed by atoms with Gasteiger partial charge >= 0.3 is 12.1 Å². The van der Waals surface area contributed by atoms with E-state index in [4.69, 9.17) is 0 Å². The van der Waals surface area contributed by atoms with Crippen LogP contribution in [0.25, 0.3) is 0 Å². The molecule has 0 atom stereocenters. The summed E-state index contributed by atoms with van der Waals surface area (Å²) in [5.41, 5.74) is 0. The van der Waals surface area contributed by atoms with Crippen LogP contribution in [0, 0.1) is 0 Å². The third kappa shape index (κ3) is 4.16. The highest BCUT2D eigenvalue weighted by Crippen LogP contribution is 2.23. The van der Waals surface area contributed by atoms with E-state index in [2.05, 4.69) is 4.74 Å². The number of rotatable bonds is 5. The monoisotopic (exact) mass is 294 g/mol. The topological polar surface area (TPSA) is 60.4 Å². The zero-order chi connectivity index (χ0) is 14.6. The molecular formula is C11H9F3O4S. The number of thiophene rings is 1. The minimum Gasteiger partial charge on any atom is -0.462 e. The van der Waals surface area contributed by atoms with Gasteiger partial charge in [0.1, 0.15) is 4.88 Å². The third-order valence-electron chi connectivity index (χ3n) is 1.99. The lowest BCUT2D eigenvalue weighted by Crippen LogP contribution is -2.25. The molecule has 0 amide bonds. The fourth-order valence-corrected chi connectivity index (χ4v) is 1.97. The van der Waals surface area contributed by atoms with E-state index in [9.17, 15) is 27.6 Å². The predicted molar refractivity (Wildman–Crippen MR) is 60.3 cm³/mol. The van der Waals surface area contributed by atoms with Crippen molar-refractivity contribution in [2.75, 3.05) is 6.61 Å². The van der Waals surface area contributed by atoms with E-state index >= 15 is 0 Å². The van der Waals surface area contributed by atoms with Gasteiger partial charge < -0.3 is 4.74 Å². The highest BCUT2D eigenvalue weighted by Gasteiger charge is 2.39. The minimum atomic E-state index is -5.03. The molecule has 0 aliphatic carbocycles. The van der Waals surface area contributed by atoms with Crippen LogP contribution in [0.4, 0.5) is 13.2 Å². The SMILES string of the molecule is CCOC(=O)c1ccc(C(=O)CC(=O)C(F)(F)F)s1. The standard InChI is InChI=1S/C11H9F3O4S/c1-2-18-10(17)8-4-3-7(19-8)6(15)5-9(16)11(12,13)14/h3-4H,2,5H2,1H3. The molecule has 8 heteroatoms. The maximum atomic E-state index is 12.0. The van der Waals surface area contributed by atoms with Crippen molar-refractivity contribution < 1.29 is 32.3 Å². The van der Waals surface area contributed by atoms with Gasteiger partial charge in [0.2, 0.25) is 5.78 Å². The summed E-state index contributed by atoms with van der Waals surface area (Å²) in [5, 5.41) is 0. The molecule has 1 aromatic rings. The van der Waals surface area contributed by atoms with E-state index in [1.165, 1.54) is 12.1 Å². The quantitative estimate of drug-likeness (QED) is 0.476. The summed E-state index contributed by atoms with van der Waals surface area (Å²) >= 11 is 0.698. The van der Waals surface area contributed by atoms with Gasteiger partial charge in [0.25, 0.3) is 0 Å².